The number of methoxy groups -OCH3 is 1. The summed E-state index contributed by atoms with van der Waals surface area (Å²) in [5, 5.41) is 0. The molecule has 0 unspecified atom stereocenters. The number of esters is 2. The minimum atomic E-state index is -0.596. The molecule has 0 saturated carbocycles. The monoisotopic (exact) mass is 397 g/mol. The Hall–Kier alpha value is -3.35. The second-order valence-corrected chi connectivity index (χ2v) is 6.70. The quantitative estimate of drug-likeness (QED) is 0.697. The van der Waals surface area contributed by atoms with Gasteiger partial charge < -0.3 is 19.1 Å². The van der Waals surface area contributed by atoms with E-state index < -0.39 is 5.97 Å². The van der Waals surface area contributed by atoms with E-state index in [1.165, 1.54) is 7.11 Å². The number of benzene rings is 2. The van der Waals surface area contributed by atoms with Gasteiger partial charge in [-0.05, 0) is 43.2 Å². The summed E-state index contributed by atoms with van der Waals surface area (Å²) in [6, 6.07) is 15.8. The Morgan fingerprint density at radius 1 is 0.966 bits per heavy atom. The van der Waals surface area contributed by atoms with Gasteiger partial charge in [0, 0.05) is 13.1 Å². The van der Waals surface area contributed by atoms with Crippen LogP contribution in [0.5, 0.6) is 11.5 Å². The molecule has 1 aliphatic heterocycles. The fourth-order valence-corrected chi connectivity index (χ4v) is 3.14. The number of piperidine rings is 1. The van der Waals surface area contributed by atoms with Gasteiger partial charge in [-0.1, -0.05) is 24.3 Å². The molecule has 0 spiro atoms. The summed E-state index contributed by atoms with van der Waals surface area (Å²) >= 11 is 0. The highest BCUT2D eigenvalue weighted by molar-refractivity contribution is 5.91. The topological polar surface area (TPSA) is 82.1 Å². The first kappa shape index (κ1) is 20.4. The highest BCUT2D eigenvalue weighted by atomic mass is 16.5. The van der Waals surface area contributed by atoms with Crippen molar-refractivity contribution in [3.63, 3.8) is 0 Å². The van der Waals surface area contributed by atoms with Crippen molar-refractivity contribution in [1.82, 2.24) is 4.90 Å². The summed E-state index contributed by atoms with van der Waals surface area (Å²) in [7, 11) is 1.36. The number of nitrogens with zero attached hydrogens (tertiary/aromatic N) is 1. The lowest BCUT2D eigenvalue weighted by Crippen LogP contribution is -2.42. The van der Waals surface area contributed by atoms with Gasteiger partial charge >= 0.3 is 11.9 Å². The highest BCUT2D eigenvalue weighted by Gasteiger charge is 2.28. The molecule has 7 nitrogen and oxygen atoms in total. The lowest BCUT2D eigenvalue weighted by Gasteiger charge is -2.30. The van der Waals surface area contributed by atoms with Crippen LogP contribution >= 0.6 is 0 Å². The van der Waals surface area contributed by atoms with Gasteiger partial charge in [0.25, 0.3) is 5.91 Å². The number of carbonyl (C=O) groups is 3. The van der Waals surface area contributed by atoms with E-state index in [-0.39, 0.29) is 24.4 Å². The lowest BCUT2D eigenvalue weighted by atomic mass is 9.97. The molecule has 3 rings (SSSR count). The van der Waals surface area contributed by atoms with Gasteiger partial charge in [-0.3, -0.25) is 9.59 Å². The van der Waals surface area contributed by atoms with E-state index in [0.29, 0.717) is 43.0 Å². The number of ether oxygens (including phenoxy) is 3. The van der Waals surface area contributed by atoms with E-state index in [1.54, 1.807) is 29.2 Å². The summed E-state index contributed by atoms with van der Waals surface area (Å²) < 4.78 is 15.6. The normalized spacial score (nSPS) is 14.2. The third-order valence-corrected chi connectivity index (χ3v) is 4.76. The molecular formula is C22H23NO6. The van der Waals surface area contributed by atoms with E-state index in [2.05, 4.69) is 0 Å². The molecule has 7 heteroatoms. The predicted molar refractivity (Wildman–Crippen MR) is 105 cm³/mol. The maximum Gasteiger partial charge on any atom is 0.338 e. The summed E-state index contributed by atoms with van der Waals surface area (Å²) in [6.07, 6.45) is 1.09. The van der Waals surface area contributed by atoms with Gasteiger partial charge in [0.15, 0.2) is 6.61 Å². The molecule has 1 aliphatic rings. The Kier molecular flexibility index (Phi) is 6.84. The molecule has 2 aromatic rings. The largest absolute Gasteiger partial charge is 0.469 e. The molecule has 0 bridgehead atoms. The van der Waals surface area contributed by atoms with E-state index in [9.17, 15) is 14.4 Å². The molecule has 0 aliphatic carbocycles. The molecule has 152 valence electrons. The van der Waals surface area contributed by atoms with Gasteiger partial charge in [0.2, 0.25) is 0 Å². The zero-order valence-electron chi connectivity index (χ0n) is 16.2. The van der Waals surface area contributed by atoms with Crippen LogP contribution in [0.2, 0.25) is 0 Å². The average molecular weight is 397 g/mol. The van der Waals surface area contributed by atoms with Crippen LogP contribution in [0.4, 0.5) is 0 Å². The van der Waals surface area contributed by atoms with Crippen LogP contribution in [0.1, 0.15) is 23.2 Å². The minimum absolute atomic E-state index is 0.182. The molecule has 1 heterocycles. The molecule has 1 fully saturated rings. The van der Waals surface area contributed by atoms with E-state index in [1.807, 2.05) is 30.3 Å². The fourth-order valence-electron chi connectivity index (χ4n) is 3.14. The maximum atomic E-state index is 12.3. The van der Waals surface area contributed by atoms with Crippen LogP contribution in [0, 0.1) is 5.92 Å². The zero-order chi connectivity index (χ0) is 20.6. The minimum Gasteiger partial charge on any atom is -0.469 e. The number of hydrogen-bond donors (Lipinski definition) is 0. The summed E-state index contributed by atoms with van der Waals surface area (Å²) in [4.78, 5) is 37.8. The summed E-state index contributed by atoms with van der Waals surface area (Å²) in [5.74, 6) is -0.148. The maximum absolute atomic E-state index is 12.3. The highest BCUT2D eigenvalue weighted by Crippen LogP contribution is 2.22. The van der Waals surface area contributed by atoms with Crippen molar-refractivity contribution in [2.75, 3.05) is 26.8 Å². The Bertz CT molecular complexity index is 859. The Balaban J connectivity index is 1.50. The lowest BCUT2D eigenvalue weighted by molar-refractivity contribution is -0.149. The zero-order valence-corrected chi connectivity index (χ0v) is 16.2. The second-order valence-electron chi connectivity index (χ2n) is 6.70. The van der Waals surface area contributed by atoms with Crippen molar-refractivity contribution in [3.05, 3.63) is 60.2 Å². The fraction of sp³-hybridized carbons (Fsp3) is 0.318. The third kappa shape index (κ3) is 5.57. The van der Waals surface area contributed by atoms with E-state index in [4.69, 9.17) is 14.2 Å². The van der Waals surface area contributed by atoms with Crippen molar-refractivity contribution in [1.29, 1.82) is 0 Å². The summed E-state index contributed by atoms with van der Waals surface area (Å²) in [6.45, 7) is 0.540. The van der Waals surface area contributed by atoms with Crippen LogP contribution < -0.4 is 4.74 Å². The molecule has 0 atom stereocenters. The molecular weight excluding hydrogens is 374 g/mol. The SMILES string of the molecule is COC(=O)C1CCN(C(=O)COC(=O)c2cccc(Oc3ccccc3)c2)CC1. The second kappa shape index (κ2) is 9.73. The van der Waals surface area contributed by atoms with Crippen LogP contribution in [0.3, 0.4) is 0 Å². The number of carbonyl (C=O) groups excluding carboxylic acids is 3. The standard InChI is InChI=1S/C22H23NO6/c1-27-21(25)16-10-12-23(13-11-16)20(24)15-28-22(26)17-6-5-9-19(14-17)29-18-7-3-2-4-8-18/h2-9,14,16H,10-13,15H2,1H3. The Morgan fingerprint density at radius 2 is 1.66 bits per heavy atom. The molecule has 29 heavy (non-hydrogen) atoms. The molecule has 1 amide bonds. The number of para-hydroxylation sites is 1. The summed E-state index contributed by atoms with van der Waals surface area (Å²) in [5.41, 5.74) is 0.302. The molecule has 2 aromatic carbocycles. The smallest absolute Gasteiger partial charge is 0.338 e. The molecule has 0 N–H and O–H groups in total. The Morgan fingerprint density at radius 3 is 2.34 bits per heavy atom. The van der Waals surface area contributed by atoms with Crippen LogP contribution in [-0.2, 0) is 19.1 Å². The number of rotatable bonds is 6. The molecule has 0 radical (unpaired) electrons. The molecule has 0 aromatic heterocycles. The first-order chi connectivity index (χ1) is 14.1. The average Bonchev–Trinajstić information content (AvgIpc) is 2.77. The Labute approximate surface area is 169 Å². The van der Waals surface area contributed by atoms with Gasteiger partial charge in [0.1, 0.15) is 11.5 Å². The van der Waals surface area contributed by atoms with Crippen LogP contribution in [-0.4, -0.2) is 49.6 Å². The van der Waals surface area contributed by atoms with Gasteiger partial charge in [-0.25, -0.2) is 4.79 Å². The van der Waals surface area contributed by atoms with Gasteiger partial charge in [-0.2, -0.15) is 0 Å². The van der Waals surface area contributed by atoms with Gasteiger partial charge in [0.05, 0.1) is 18.6 Å². The van der Waals surface area contributed by atoms with E-state index >= 15 is 0 Å². The van der Waals surface area contributed by atoms with Crippen molar-refractivity contribution in [2.24, 2.45) is 5.92 Å². The first-order valence-corrected chi connectivity index (χ1v) is 9.42. The third-order valence-electron chi connectivity index (χ3n) is 4.76. The van der Waals surface area contributed by atoms with E-state index in [0.717, 1.165) is 0 Å². The van der Waals surface area contributed by atoms with Crippen molar-refractivity contribution < 1.29 is 28.6 Å². The number of likely N-dealkylation sites (tertiary alicyclic amines) is 1. The number of amides is 1. The van der Waals surface area contributed by atoms with Crippen LogP contribution in [0.15, 0.2) is 54.6 Å². The van der Waals surface area contributed by atoms with Gasteiger partial charge in [-0.15, -0.1) is 0 Å². The predicted octanol–water partition coefficient (Wildman–Crippen LogP) is 3.05. The van der Waals surface area contributed by atoms with Crippen LogP contribution in [0.25, 0.3) is 0 Å². The number of hydrogen-bond acceptors (Lipinski definition) is 6. The van der Waals surface area contributed by atoms with Crippen molar-refractivity contribution >= 4 is 17.8 Å². The van der Waals surface area contributed by atoms with Crippen molar-refractivity contribution in [3.8, 4) is 11.5 Å². The molecule has 1 saturated heterocycles. The van der Waals surface area contributed by atoms with Crippen molar-refractivity contribution in [2.45, 2.75) is 12.8 Å². The first-order valence-electron chi connectivity index (χ1n) is 9.42.